The Morgan fingerprint density at radius 1 is 1.32 bits per heavy atom. The van der Waals surface area contributed by atoms with Crippen molar-refractivity contribution < 1.29 is 17.2 Å². The lowest BCUT2D eigenvalue weighted by atomic mass is 9.96. The zero-order valence-electron chi connectivity index (χ0n) is 13.5. The number of sulfone groups is 1. The molecule has 4 nitrogen and oxygen atoms in total. The largest absolute Gasteiger partial charge is 0.319 e. The van der Waals surface area contributed by atoms with E-state index in [1.807, 2.05) is 6.07 Å². The third-order valence-corrected chi connectivity index (χ3v) is 5.60. The van der Waals surface area contributed by atoms with Crippen LogP contribution in [0.3, 0.4) is 0 Å². The van der Waals surface area contributed by atoms with Gasteiger partial charge < -0.3 is 5.73 Å². The summed E-state index contributed by atoms with van der Waals surface area (Å²) in [7, 11) is -3.67. The molecule has 2 aromatic rings. The van der Waals surface area contributed by atoms with Crippen LogP contribution in [0.2, 0.25) is 0 Å². The predicted molar refractivity (Wildman–Crippen MR) is 89.1 cm³/mol. The van der Waals surface area contributed by atoms with E-state index in [9.17, 15) is 17.2 Å². The second kappa shape index (κ2) is 5.90. The van der Waals surface area contributed by atoms with E-state index in [0.29, 0.717) is 23.1 Å². The maximum Gasteiger partial charge on any atom is 0.271 e. The van der Waals surface area contributed by atoms with E-state index in [1.165, 1.54) is 6.07 Å². The van der Waals surface area contributed by atoms with E-state index in [1.54, 1.807) is 30.3 Å². The van der Waals surface area contributed by atoms with Crippen LogP contribution in [-0.4, -0.2) is 20.6 Å². The van der Waals surface area contributed by atoms with Crippen LogP contribution < -0.4 is 5.73 Å². The van der Waals surface area contributed by atoms with Crippen molar-refractivity contribution in [2.45, 2.75) is 29.7 Å². The van der Waals surface area contributed by atoms with Gasteiger partial charge in [-0.1, -0.05) is 18.2 Å². The highest BCUT2D eigenvalue weighted by atomic mass is 32.2. The van der Waals surface area contributed by atoms with Crippen molar-refractivity contribution >= 4 is 9.84 Å². The fourth-order valence-corrected chi connectivity index (χ4v) is 4.22. The second-order valence-corrected chi connectivity index (χ2v) is 8.28. The van der Waals surface area contributed by atoms with Gasteiger partial charge in [-0.05, 0) is 46.9 Å². The summed E-state index contributed by atoms with van der Waals surface area (Å²) < 4.78 is 52.3. The summed E-state index contributed by atoms with van der Waals surface area (Å²) in [6, 6.07) is 10.2. The van der Waals surface area contributed by atoms with E-state index in [-0.39, 0.29) is 10.5 Å². The van der Waals surface area contributed by atoms with Crippen LogP contribution in [-0.2, 0) is 22.7 Å². The fourth-order valence-electron chi connectivity index (χ4n) is 3.25. The molecule has 1 aliphatic carbocycles. The predicted octanol–water partition coefficient (Wildman–Crippen LogP) is 2.74. The lowest BCUT2D eigenvalue weighted by Gasteiger charge is -2.16. The van der Waals surface area contributed by atoms with Gasteiger partial charge in [-0.15, -0.1) is 0 Å². The number of benzene rings is 2. The molecule has 1 aliphatic rings. The molecular formula is C18H16F2N2O2S. The number of halogens is 2. The van der Waals surface area contributed by atoms with Crippen molar-refractivity contribution in [2.75, 3.05) is 6.26 Å². The second-order valence-electron chi connectivity index (χ2n) is 6.29. The van der Waals surface area contributed by atoms with Gasteiger partial charge in [-0.25, -0.2) is 17.2 Å². The van der Waals surface area contributed by atoms with Crippen LogP contribution in [0.1, 0.15) is 33.9 Å². The van der Waals surface area contributed by atoms with Gasteiger partial charge in [0.05, 0.1) is 22.6 Å². The zero-order chi connectivity index (χ0) is 18.4. The molecule has 130 valence electrons. The van der Waals surface area contributed by atoms with Crippen molar-refractivity contribution in [3.05, 3.63) is 64.2 Å². The molecule has 0 amide bonds. The van der Waals surface area contributed by atoms with Gasteiger partial charge in [0, 0.05) is 12.7 Å². The Bertz CT molecular complexity index is 995. The lowest BCUT2D eigenvalue weighted by Crippen LogP contribution is -2.29. The number of nitrogens with two attached hydrogens (primary N) is 1. The van der Waals surface area contributed by atoms with Crippen molar-refractivity contribution in [3.8, 4) is 6.07 Å². The smallest absolute Gasteiger partial charge is 0.271 e. The minimum absolute atomic E-state index is 0.0152. The molecule has 2 N–H and O–H groups in total. The Hall–Kier alpha value is -2.30. The molecule has 0 aromatic heterocycles. The summed E-state index contributed by atoms with van der Waals surface area (Å²) in [4.78, 5) is -0.137. The molecule has 0 heterocycles. The van der Waals surface area contributed by atoms with Crippen molar-refractivity contribution in [1.82, 2.24) is 0 Å². The standard InChI is InChI=1S/C18H16F2N2O2S/c1-25(23,24)15-6-5-13(8-11-3-2-4-12(7-11)10-21)14-9-18(19,20)17(22)16(14)15/h2-7,17H,8-9,22H2,1H3. The van der Waals surface area contributed by atoms with Crippen LogP contribution in [0.15, 0.2) is 41.3 Å². The summed E-state index contributed by atoms with van der Waals surface area (Å²) in [5, 5.41) is 8.98. The molecule has 0 saturated heterocycles. The maximum atomic E-state index is 14.2. The molecule has 1 unspecified atom stereocenters. The summed E-state index contributed by atoms with van der Waals surface area (Å²) in [5.41, 5.74) is 7.85. The van der Waals surface area contributed by atoms with E-state index in [2.05, 4.69) is 0 Å². The molecule has 0 aliphatic heterocycles. The average molecular weight is 362 g/mol. The summed E-state index contributed by atoms with van der Waals surface area (Å²) >= 11 is 0. The summed E-state index contributed by atoms with van der Waals surface area (Å²) in [6.45, 7) is 0. The minimum atomic E-state index is -3.67. The van der Waals surface area contributed by atoms with Gasteiger partial charge in [0.1, 0.15) is 0 Å². The molecule has 0 fully saturated rings. The number of hydrogen-bond donors (Lipinski definition) is 1. The molecule has 1 atom stereocenters. The van der Waals surface area contributed by atoms with E-state index < -0.39 is 28.2 Å². The van der Waals surface area contributed by atoms with Gasteiger partial charge in [0.15, 0.2) is 9.84 Å². The van der Waals surface area contributed by atoms with E-state index in [0.717, 1.165) is 11.8 Å². The van der Waals surface area contributed by atoms with Crippen LogP contribution in [0.5, 0.6) is 0 Å². The Kier molecular flexibility index (Phi) is 4.13. The van der Waals surface area contributed by atoms with Gasteiger partial charge >= 0.3 is 0 Å². The van der Waals surface area contributed by atoms with Crippen LogP contribution in [0, 0.1) is 11.3 Å². The highest BCUT2D eigenvalue weighted by Crippen LogP contribution is 2.46. The molecule has 0 saturated carbocycles. The van der Waals surface area contributed by atoms with Crippen molar-refractivity contribution in [3.63, 3.8) is 0 Å². The zero-order valence-corrected chi connectivity index (χ0v) is 14.3. The monoisotopic (exact) mass is 362 g/mol. The van der Waals surface area contributed by atoms with Gasteiger partial charge in [0.2, 0.25) is 0 Å². The third kappa shape index (κ3) is 3.15. The van der Waals surface area contributed by atoms with E-state index in [4.69, 9.17) is 11.0 Å². The van der Waals surface area contributed by atoms with E-state index >= 15 is 0 Å². The highest BCUT2D eigenvalue weighted by molar-refractivity contribution is 7.90. The van der Waals surface area contributed by atoms with Crippen molar-refractivity contribution in [2.24, 2.45) is 5.73 Å². The molecule has 2 aromatic carbocycles. The first-order chi connectivity index (χ1) is 11.6. The summed E-state index contributed by atoms with van der Waals surface area (Å²) in [5.74, 6) is -3.19. The quantitative estimate of drug-likeness (QED) is 0.910. The molecule has 0 bridgehead atoms. The first-order valence-corrected chi connectivity index (χ1v) is 9.50. The number of nitrogens with zero attached hydrogens (tertiary/aromatic N) is 1. The first-order valence-electron chi connectivity index (χ1n) is 7.60. The molecule has 25 heavy (non-hydrogen) atoms. The first kappa shape index (κ1) is 17.5. The fraction of sp³-hybridized carbons (Fsp3) is 0.278. The van der Waals surface area contributed by atoms with Gasteiger partial charge in [-0.2, -0.15) is 5.26 Å². The Labute approximate surface area is 144 Å². The van der Waals surface area contributed by atoms with Crippen LogP contribution in [0.25, 0.3) is 0 Å². The summed E-state index contributed by atoms with van der Waals surface area (Å²) in [6.07, 6.45) is 0.729. The normalized spacial score (nSPS) is 18.6. The topological polar surface area (TPSA) is 84.0 Å². The number of fused-ring (bicyclic) bond motifs is 1. The Morgan fingerprint density at radius 2 is 2.04 bits per heavy atom. The average Bonchev–Trinajstić information content (AvgIpc) is 2.78. The number of alkyl halides is 2. The lowest BCUT2D eigenvalue weighted by molar-refractivity contribution is -0.0140. The molecule has 3 rings (SSSR count). The third-order valence-electron chi connectivity index (χ3n) is 4.44. The molecule has 7 heteroatoms. The molecule has 0 radical (unpaired) electrons. The minimum Gasteiger partial charge on any atom is -0.319 e. The number of nitriles is 1. The SMILES string of the molecule is CS(=O)(=O)c1ccc(Cc2cccc(C#N)c2)c2c1C(N)C(F)(F)C2. The van der Waals surface area contributed by atoms with Crippen LogP contribution in [0.4, 0.5) is 8.78 Å². The Balaban J connectivity index is 2.13. The highest BCUT2D eigenvalue weighted by Gasteiger charge is 2.48. The van der Waals surface area contributed by atoms with Crippen LogP contribution >= 0.6 is 0 Å². The Morgan fingerprint density at radius 3 is 2.68 bits per heavy atom. The van der Waals surface area contributed by atoms with Crippen molar-refractivity contribution in [1.29, 1.82) is 5.26 Å². The van der Waals surface area contributed by atoms with Gasteiger partial charge in [-0.3, -0.25) is 0 Å². The van der Waals surface area contributed by atoms with Gasteiger partial charge in [0.25, 0.3) is 5.92 Å². The molecule has 0 spiro atoms. The number of hydrogen-bond acceptors (Lipinski definition) is 4. The maximum absolute atomic E-state index is 14.2. The number of rotatable bonds is 3. The molecular weight excluding hydrogens is 346 g/mol.